The first-order valence-electron chi connectivity index (χ1n) is 3.73. The zero-order chi connectivity index (χ0) is 8.27. The number of thiophene rings is 1. The number of rotatable bonds is 3. The maximum atomic E-state index is 10.1. The van der Waals surface area contributed by atoms with Crippen LogP contribution < -0.4 is 0 Å². The molecule has 1 rings (SSSR count). The summed E-state index contributed by atoms with van der Waals surface area (Å²) in [7, 11) is 0. The van der Waals surface area contributed by atoms with E-state index in [4.69, 9.17) is 0 Å². The molecular formula is C9H12OS. The molecule has 0 aliphatic rings. The van der Waals surface area contributed by atoms with Crippen molar-refractivity contribution in [1.29, 1.82) is 0 Å². The molecule has 0 N–H and O–H groups in total. The SMILES string of the molecule is Cc1cc(CCC=O)c(C)s1. The molecule has 60 valence electrons. The van der Waals surface area contributed by atoms with Gasteiger partial charge in [-0.2, -0.15) is 0 Å². The van der Waals surface area contributed by atoms with Crippen molar-refractivity contribution in [2.75, 3.05) is 0 Å². The van der Waals surface area contributed by atoms with Gasteiger partial charge >= 0.3 is 0 Å². The van der Waals surface area contributed by atoms with Gasteiger partial charge in [0, 0.05) is 16.2 Å². The third kappa shape index (κ3) is 2.15. The first-order valence-corrected chi connectivity index (χ1v) is 4.55. The van der Waals surface area contributed by atoms with E-state index < -0.39 is 0 Å². The molecule has 1 nitrogen and oxygen atoms in total. The Hall–Kier alpha value is -0.630. The van der Waals surface area contributed by atoms with Crippen molar-refractivity contribution in [2.45, 2.75) is 26.7 Å². The smallest absolute Gasteiger partial charge is 0.120 e. The molecule has 0 aromatic carbocycles. The molecule has 0 aliphatic heterocycles. The quantitative estimate of drug-likeness (QED) is 0.634. The summed E-state index contributed by atoms with van der Waals surface area (Å²) in [5.74, 6) is 0. The Morgan fingerprint density at radius 1 is 1.55 bits per heavy atom. The first kappa shape index (κ1) is 8.47. The average Bonchev–Trinajstić information content (AvgIpc) is 2.26. The van der Waals surface area contributed by atoms with Crippen LogP contribution in [-0.4, -0.2) is 6.29 Å². The monoisotopic (exact) mass is 168 g/mol. The molecule has 11 heavy (non-hydrogen) atoms. The van der Waals surface area contributed by atoms with Crippen LogP contribution in [0.5, 0.6) is 0 Å². The zero-order valence-corrected chi connectivity index (χ0v) is 7.70. The second-order valence-electron chi connectivity index (χ2n) is 2.64. The predicted molar refractivity (Wildman–Crippen MR) is 48.2 cm³/mol. The third-order valence-corrected chi connectivity index (χ3v) is 2.68. The maximum Gasteiger partial charge on any atom is 0.120 e. The summed E-state index contributed by atoms with van der Waals surface area (Å²) >= 11 is 1.80. The van der Waals surface area contributed by atoms with E-state index >= 15 is 0 Å². The summed E-state index contributed by atoms with van der Waals surface area (Å²) in [5, 5.41) is 0. The van der Waals surface area contributed by atoms with Crippen LogP contribution in [0.25, 0.3) is 0 Å². The molecule has 0 atom stereocenters. The molecule has 0 unspecified atom stereocenters. The van der Waals surface area contributed by atoms with E-state index in [0.29, 0.717) is 6.42 Å². The van der Waals surface area contributed by atoms with Crippen molar-refractivity contribution in [2.24, 2.45) is 0 Å². The van der Waals surface area contributed by atoms with E-state index in [-0.39, 0.29) is 0 Å². The van der Waals surface area contributed by atoms with Crippen molar-refractivity contribution in [3.63, 3.8) is 0 Å². The normalized spacial score (nSPS) is 10.0. The predicted octanol–water partition coefficient (Wildman–Crippen LogP) is 2.50. The van der Waals surface area contributed by atoms with Gasteiger partial charge in [-0.3, -0.25) is 0 Å². The van der Waals surface area contributed by atoms with E-state index in [2.05, 4.69) is 19.9 Å². The van der Waals surface area contributed by atoms with Crippen molar-refractivity contribution in [3.8, 4) is 0 Å². The molecule has 1 aromatic heterocycles. The summed E-state index contributed by atoms with van der Waals surface area (Å²) in [6.45, 7) is 4.21. The summed E-state index contributed by atoms with van der Waals surface area (Å²) in [5.41, 5.74) is 1.33. The van der Waals surface area contributed by atoms with E-state index in [1.165, 1.54) is 15.3 Å². The second-order valence-corrected chi connectivity index (χ2v) is 4.10. The van der Waals surface area contributed by atoms with Crippen LogP contribution in [0.1, 0.15) is 21.7 Å². The van der Waals surface area contributed by atoms with Crippen molar-refractivity contribution >= 4 is 17.6 Å². The number of aryl methyl sites for hydroxylation is 3. The van der Waals surface area contributed by atoms with Crippen molar-refractivity contribution in [3.05, 3.63) is 21.4 Å². The van der Waals surface area contributed by atoms with Gasteiger partial charge < -0.3 is 4.79 Å². The molecule has 2 heteroatoms. The van der Waals surface area contributed by atoms with Crippen LogP contribution in [0, 0.1) is 13.8 Å². The Morgan fingerprint density at radius 2 is 2.27 bits per heavy atom. The number of carbonyl (C=O) groups excluding carboxylic acids is 1. The van der Waals surface area contributed by atoms with Crippen LogP contribution >= 0.6 is 11.3 Å². The van der Waals surface area contributed by atoms with Crippen molar-refractivity contribution < 1.29 is 4.79 Å². The molecule has 1 heterocycles. The standard InChI is InChI=1S/C9H12OS/c1-7-6-9(4-3-5-10)8(2)11-7/h5-6H,3-4H2,1-2H3. The number of hydrogen-bond acceptors (Lipinski definition) is 2. The van der Waals surface area contributed by atoms with Crippen LogP contribution in [-0.2, 0) is 11.2 Å². The lowest BCUT2D eigenvalue weighted by molar-refractivity contribution is -0.107. The minimum absolute atomic E-state index is 0.650. The Kier molecular flexibility index (Phi) is 2.83. The van der Waals surface area contributed by atoms with E-state index in [9.17, 15) is 4.79 Å². The van der Waals surface area contributed by atoms with Crippen LogP contribution in [0.3, 0.4) is 0 Å². The number of carbonyl (C=O) groups is 1. The molecule has 0 bridgehead atoms. The van der Waals surface area contributed by atoms with Gasteiger partial charge in [0.1, 0.15) is 6.29 Å². The second kappa shape index (κ2) is 3.67. The fourth-order valence-corrected chi connectivity index (χ4v) is 2.12. The summed E-state index contributed by atoms with van der Waals surface area (Å²) < 4.78 is 0. The molecule has 0 amide bonds. The van der Waals surface area contributed by atoms with E-state index in [1.807, 2.05) is 0 Å². The Morgan fingerprint density at radius 3 is 2.73 bits per heavy atom. The van der Waals surface area contributed by atoms with Gasteiger partial charge in [0.25, 0.3) is 0 Å². The molecule has 0 fully saturated rings. The minimum Gasteiger partial charge on any atom is -0.303 e. The molecule has 0 spiro atoms. The molecule has 0 radical (unpaired) electrons. The summed E-state index contributed by atoms with van der Waals surface area (Å²) in [4.78, 5) is 12.8. The largest absolute Gasteiger partial charge is 0.303 e. The molecule has 1 aromatic rings. The van der Waals surface area contributed by atoms with E-state index in [1.54, 1.807) is 11.3 Å². The maximum absolute atomic E-state index is 10.1. The molecule has 0 saturated carbocycles. The van der Waals surface area contributed by atoms with Gasteiger partial charge in [-0.25, -0.2) is 0 Å². The zero-order valence-electron chi connectivity index (χ0n) is 6.89. The minimum atomic E-state index is 0.650. The van der Waals surface area contributed by atoms with E-state index in [0.717, 1.165) is 12.7 Å². The van der Waals surface area contributed by atoms with Gasteiger partial charge in [-0.15, -0.1) is 11.3 Å². The fourth-order valence-electron chi connectivity index (χ4n) is 1.15. The summed E-state index contributed by atoms with van der Waals surface area (Å²) in [6, 6.07) is 2.17. The molecular weight excluding hydrogens is 156 g/mol. The number of hydrogen-bond donors (Lipinski definition) is 0. The Bertz CT molecular complexity index is 250. The highest BCUT2D eigenvalue weighted by molar-refractivity contribution is 7.12. The van der Waals surface area contributed by atoms with Gasteiger partial charge in [0.2, 0.25) is 0 Å². The highest BCUT2D eigenvalue weighted by Crippen LogP contribution is 2.21. The lowest BCUT2D eigenvalue weighted by Crippen LogP contribution is -1.84. The van der Waals surface area contributed by atoms with Crippen LogP contribution in [0.4, 0.5) is 0 Å². The number of aldehydes is 1. The van der Waals surface area contributed by atoms with Crippen LogP contribution in [0.2, 0.25) is 0 Å². The Labute approximate surface area is 71.1 Å². The molecule has 0 aliphatic carbocycles. The molecule has 0 saturated heterocycles. The Balaban J connectivity index is 2.69. The lowest BCUT2D eigenvalue weighted by atomic mass is 10.1. The first-order chi connectivity index (χ1) is 5.24. The van der Waals surface area contributed by atoms with Crippen LogP contribution in [0.15, 0.2) is 6.07 Å². The van der Waals surface area contributed by atoms with Gasteiger partial charge in [-0.05, 0) is 31.9 Å². The highest BCUT2D eigenvalue weighted by Gasteiger charge is 2.00. The average molecular weight is 168 g/mol. The third-order valence-electron chi connectivity index (χ3n) is 1.68. The van der Waals surface area contributed by atoms with Gasteiger partial charge in [0.15, 0.2) is 0 Å². The summed E-state index contributed by atoms with van der Waals surface area (Å²) in [6.07, 6.45) is 2.53. The van der Waals surface area contributed by atoms with Crippen molar-refractivity contribution in [1.82, 2.24) is 0 Å². The van der Waals surface area contributed by atoms with Gasteiger partial charge in [-0.1, -0.05) is 0 Å². The van der Waals surface area contributed by atoms with Gasteiger partial charge in [0.05, 0.1) is 0 Å². The topological polar surface area (TPSA) is 17.1 Å². The highest BCUT2D eigenvalue weighted by atomic mass is 32.1. The lowest BCUT2D eigenvalue weighted by Gasteiger charge is -1.92. The fraction of sp³-hybridized carbons (Fsp3) is 0.444.